The summed E-state index contributed by atoms with van der Waals surface area (Å²) in [6.45, 7) is 0. The number of benzene rings is 1. The van der Waals surface area contributed by atoms with Crippen LogP contribution in [0.1, 0.15) is 5.69 Å². The average Bonchev–Trinajstić information content (AvgIpc) is 3.11. The van der Waals surface area contributed by atoms with E-state index in [2.05, 4.69) is 33.2 Å². The number of aromatic nitrogens is 3. The summed E-state index contributed by atoms with van der Waals surface area (Å²) in [6, 6.07) is 14.1. The van der Waals surface area contributed by atoms with Gasteiger partial charge in [0.25, 0.3) is 0 Å². The summed E-state index contributed by atoms with van der Waals surface area (Å²) >= 11 is 3.15. The van der Waals surface area contributed by atoms with Gasteiger partial charge in [0.15, 0.2) is 10.7 Å². The lowest BCUT2D eigenvalue weighted by molar-refractivity contribution is 0.615. The highest BCUT2D eigenvalue weighted by atomic mass is 32.2. The molecule has 5 nitrogen and oxygen atoms in total. The molecule has 4 aromatic rings. The Labute approximate surface area is 165 Å². The minimum atomic E-state index is 0.502. The first-order valence-electron chi connectivity index (χ1n) is 8.46. The van der Waals surface area contributed by atoms with Crippen LogP contribution in [0.5, 0.6) is 0 Å². The van der Waals surface area contributed by atoms with Gasteiger partial charge in [-0.3, -0.25) is 4.98 Å². The first-order chi connectivity index (χ1) is 13.2. The minimum Gasteiger partial charge on any atom is -0.462 e. The second-order valence-corrected chi connectivity index (χ2v) is 7.79. The van der Waals surface area contributed by atoms with E-state index in [-0.39, 0.29) is 0 Å². The summed E-state index contributed by atoms with van der Waals surface area (Å²) < 4.78 is 5.67. The molecule has 3 aromatic heterocycles. The fraction of sp³-hybridized carbons (Fsp3) is 0.150. The van der Waals surface area contributed by atoms with Gasteiger partial charge < -0.3 is 10.2 Å². The molecular formula is C20H18N4OS2. The van der Waals surface area contributed by atoms with Crippen LogP contribution in [0.2, 0.25) is 0 Å². The van der Waals surface area contributed by atoms with E-state index in [1.54, 1.807) is 42.1 Å². The number of furan rings is 1. The van der Waals surface area contributed by atoms with Crippen LogP contribution in [0.25, 0.3) is 22.1 Å². The molecule has 0 aliphatic rings. The number of nitrogens with zero attached hydrogens (tertiary/aromatic N) is 3. The number of anilines is 1. The van der Waals surface area contributed by atoms with E-state index in [1.165, 1.54) is 0 Å². The first kappa shape index (κ1) is 17.9. The van der Waals surface area contributed by atoms with Crippen molar-refractivity contribution in [2.24, 2.45) is 0 Å². The summed E-state index contributed by atoms with van der Waals surface area (Å²) in [5, 5.41) is 2.67. The van der Waals surface area contributed by atoms with Gasteiger partial charge in [0.05, 0.1) is 12.5 Å². The van der Waals surface area contributed by atoms with Crippen molar-refractivity contribution in [2.45, 2.75) is 16.6 Å². The lowest BCUT2D eigenvalue weighted by Crippen LogP contribution is -1.98. The van der Waals surface area contributed by atoms with Crippen molar-refractivity contribution in [1.82, 2.24) is 15.0 Å². The van der Waals surface area contributed by atoms with Crippen molar-refractivity contribution in [1.29, 1.82) is 0 Å². The van der Waals surface area contributed by atoms with Crippen LogP contribution in [-0.2, 0) is 6.42 Å². The van der Waals surface area contributed by atoms with Crippen molar-refractivity contribution in [3.8, 4) is 11.1 Å². The number of fused-ring (bicyclic) bond motifs is 1. The zero-order valence-corrected chi connectivity index (χ0v) is 16.4. The molecule has 0 amide bonds. The van der Waals surface area contributed by atoms with E-state index in [0.717, 1.165) is 45.0 Å². The van der Waals surface area contributed by atoms with E-state index in [0.29, 0.717) is 11.0 Å². The van der Waals surface area contributed by atoms with E-state index in [4.69, 9.17) is 10.2 Å². The molecular weight excluding hydrogens is 376 g/mol. The molecule has 0 saturated heterocycles. The second kappa shape index (κ2) is 8.02. The molecule has 4 rings (SSSR count). The number of nitrogen functional groups attached to an aromatic ring is 1. The van der Waals surface area contributed by atoms with Crippen LogP contribution in [0.3, 0.4) is 0 Å². The van der Waals surface area contributed by atoms with Crippen LogP contribution < -0.4 is 5.73 Å². The molecule has 136 valence electrons. The molecule has 2 N–H and O–H groups in total. The third-order valence-corrected chi connectivity index (χ3v) is 5.58. The standard InChI is InChI=1S/C20H18N4OS2/c1-26-19-10-18(21)23-20(24-19)27-8-7-14-9-15-16(12-25-17(15)11-22-14)13-5-3-2-4-6-13/h2-6,9-12H,7-8H2,1H3,(H2,21,23,24). The predicted octanol–water partition coefficient (Wildman–Crippen LogP) is 4.92. The second-order valence-electron chi connectivity index (χ2n) is 5.90. The third kappa shape index (κ3) is 4.09. The third-order valence-electron chi connectivity index (χ3n) is 4.10. The van der Waals surface area contributed by atoms with E-state index in [9.17, 15) is 0 Å². The highest BCUT2D eigenvalue weighted by molar-refractivity contribution is 7.99. The number of rotatable bonds is 6. The number of thioether (sulfide) groups is 2. The molecule has 0 aliphatic carbocycles. The topological polar surface area (TPSA) is 77.8 Å². The van der Waals surface area contributed by atoms with Crippen LogP contribution >= 0.6 is 23.5 Å². The summed E-state index contributed by atoms with van der Waals surface area (Å²) in [7, 11) is 0. The highest BCUT2D eigenvalue weighted by Crippen LogP contribution is 2.30. The largest absolute Gasteiger partial charge is 0.462 e. The Kier molecular flexibility index (Phi) is 5.31. The van der Waals surface area contributed by atoms with Gasteiger partial charge in [-0.05, 0) is 24.3 Å². The van der Waals surface area contributed by atoms with Gasteiger partial charge in [0.1, 0.15) is 10.8 Å². The van der Waals surface area contributed by atoms with Crippen LogP contribution in [0.15, 0.2) is 69.5 Å². The van der Waals surface area contributed by atoms with E-state index < -0.39 is 0 Å². The van der Waals surface area contributed by atoms with E-state index >= 15 is 0 Å². The molecule has 0 bridgehead atoms. The maximum atomic E-state index is 5.84. The maximum Gasteiger partial charge on any atom is 0.190 e. The van der Waals surface area contributed by atoms with Gasteiger partial charge in [-0.1, -0.05) is 42.1 Å². The highest BCUT2D eigenvalue weighted by Gasteiger charge is 2.10. The predicted molar refractivity (Wildman–Crippen MR) is 112 cm³/mol. The van der Waals surface area contributed by atoms with Gasteiger partial charge in [-0.25, -0.2) is 9.97 Å². The summed E-state index contributed by atoms with van der Waals surface area (Å²) in [6.07, 6.45) is 6.38. The van der Waals surface area contributed by atoms with Crippen LogP contribution in [0.4, 0.5) is 5.82 Å². The Bertz CT molecular complexity index is 1070. The maximum absolute atomic E-state index is 5.84. The van der Waals surface area contributed by atoms with Crippen molar-refractivity contribution in [3.63, 3.8) is 0 Å². The van der Waals surface area contributed by atoms with Gasteiger partial charge in [-0.2, -0.15) is 0 Å². The van der Waals surface area contributed by atoms with Crippen molar-refractivity contribution >= 4 is 40.3 Å². The quantitative estimate of drug-likeness (QED) is 0.282. The molecule has 0 saturated carbocycles. The first-order valence-corrected chi connectivity index (χ1v) is 10.7. The molecule has 0 radical (unpaired) electrons. The molecule has 0 fully saturated rings. The summed E-state index contributed by atoms with van der Waals surface area (Å²) in [5.41, 5.74) is 9.88. The molecule has 27 heavy (non-hydrogen) atoms. The average molecular weight is 395 g/mol. The number of pyridine rings is 1. The Morgan fingerprint density at radius 2 is 1.96 bits per heavy atom. The number of aryl methyl sites for hydroxylation is 1. The van der Waals surface area contributed by atoms with Crippen molar-refractivity contribution < 1.29 is 4.42 Å². The van der Waals surface area contributed by atoms with Gasteiger partial charge in [0.2, 0.25) is 0 Å². The Morgan fingerprint density at radius 3 is 2.78 bits per heavy atom. The van der Waals surface area contributed by atoms with Crippen LogP contribution in [-0.4, -0.2) is 27.0 Å². The van der Waals surface area contributed by atoms with Gasteiger partial charge in [-0.15, -0.1) is 11.8 Å². The smallest absolute Gasteiger partial charge is 0.190 e. The lowest BCUT2D eigenvalue weighted by atomic mass is 10.0. The molecule has 1 aromatic carbocycles. The summed E-state index contributed by atoms with van der Waals surface area (Å²) in [5.74, 6) is 1.33. The van der Waals surface area contributed by atoms with E-state index in [1.807, 2.05) is 24.5 Å². The summed E-state index contributed by atoms with van der Waals surface area (Å²) in [4.78, 5) is 13.3. The Morgan fingerprint density at radius 1 is 1.11 bits per heavy atom. The van der Waals surface area contributed by atoms with Crippen molar-refractivity contribution in [3.05, 3.63) is 60.6 Å². The zero-order valence-electron chi connectivity index (χ0n) is 14.8. The fourth-order valence-corrected chi connectivity index (χ4v) is 4.09. The van der Waals surface area contributed by atoms with Gasteiger partial charge in [0, 0.05) is 28.5 Å². The number of hydrogen-bond donors (Lipinski definition) is 1. The minimum absolute atomic E-state index is 0.502. The number of hydrogen-bond acceptors (Lipinski definition) is 7. The molecule has 0 aliphatic heterocycles. The van der Waals surface area contributed by atoms with Crippen molar-refractivity contribution in [2.75, 3.05) is 17.7 Å². The Hall–Kier alpha value is -2.51. The molecule has 7 heteroatoms. The normalized spacial score (nSPS) is 11.1. The molecule has 3 heterocycles. The SMILES string of the molecule is CSc1cc(N)nc(SCCc2cc3c(-c4ccccc4)coc3cn2)n1. The lowest BCUT2D eigenvalue weighted by Gasteiger charge is -2.04. The molecule has 0 unspecified atom stereocenters. The molecule has 0 spiro atoms. The molecule has 0 atom stereocenters. The zero-order chi connectivity index (χ0) is 18.6. The monoisotopic (exact) mass is 394 g/mol. The van der Waals surface area contributed by atoms with Gasteiger partial charge >= 0.3 is 0 Å². The Balaban J connectivity index is 1.50. The van der Waals surface area contributed by atoms with Crippen LogP contribution in [0, 0.1) is 0 Å². The fourth-order valence-electron chi connectivity index (χ4n) is 2.79. The number of nitrogens with two attached hydrogens (primary N) is 1.